The highest BCUT2D eigenvalue weighted by molar-refractivity contribution is 5.77. The van der Waals surface area contributed by atoms with Crippen LogP contribution in [0.25, 0.3) is 0 Å². The molecule has 1 aliphatic rings. The lowest BCUT2D eigenvalue weighted by atomic mass is 9.91. The maximum Gasteiger partial charge on any atom is 0.221 e. The van der Waals surface area contributed by atoms with Crippen LogP contribution in [0.15, 0.2) is 24.3 Å². The van der Waals surface area contributed by atoms with E-state index in [2.05, 4.69) is 12.1 Å². The van der Waals surface area contributed by atoms with Crippen LogP contribution < -0.4 is 5.73 Å². The van der Waals surface area contributed by atoms with Gasteiger partial charge in [-0.3, -0.25) is 4.79 Å². The number of hydrogen-bond acceptors (Lipinski definition) is 1. The van der Waals surface area contributed by atoms with Gasteiger partial charge in [-0.05, 0) is 29.9 Å². The zero-order chi connectivity index (χ0) is 10.7. The van der Waals surface area contributed by atoms with Crippen molar-refractivity contribution in [3.05, 3.63) is 35.4 Å². The molecule has 2 heteroatoms. The van der Waals surface area contributed by atoms with Gasteiger partial charge in [0, 0.05) is 0 Å². The van der Waals surface area contributed by atoms with Gasteiger partial charge in [0.25, 0.3) is 0 Å². The standard InChI is InChI=1S/C13H17NO/c14-13(15)9-11-7-3-4-8-12(11)10-5-1-2-6-10/h3-4,7-8,10H,1-2,5-6,9H2,(H2,14,15). The summed E-state index contributed by atoms with van der Waals surface area (Å²) in [6.45, 7) is 0. The fourth-order valence-corrected chi connectivity index (χ4v) is 2.52. The zero-order valence-corrected chi connectivity index (χ0v) is 8.91. The first-order valence-corrected chi connectivity index (χ1v) is 5.63. The summed E-state index contributed by atoms with van der Waals surface area (Å²) < 4.78 is 0. The summed E-state index contributed by atoms with van der Waals surface area (Å²) in [7, 11) is 0. The van der Waals surface area contributed by atoms with E-state index in [0.717, 1.165) is 5.56 Å². The highest BCUT2D eigenvalue weighted by atomic mass is 16.1. The van der Waals surface area contributed by atoms with Crippen molar-refractivity contribution in [2.24, 2.45) is 5.73 Å². The summed E-state index contributed by atoms with van der Waals surface area (Å²) in [5.74, 6) is 0.418. The summed E-state index contributed by atoms with van der Waals surface area (Å²) >= 11 is 0. The number of carbonyl (C=O) groups excluding carboxylic acids is 1. The summed E-state index contributed by atoms with van der Waals surface area (Å²) in [6, 6.07) is 8.21. The van der Waals surface area contributed by atoms with Crippen LogP contribution in [-0.2, 0) is 11.2 Å². The second-order valence-corrected chi connectivity index (χ2v) is 4.32. The third-order valence-electron chi connectivity index (χ3n) is 3.21. The van der Waals surface area contributed by atoms with Crippen LogP contribution in [0, 0.1) is 0 Å². The van der Waals surface area contributed by atoms with Gasteiger partial charge in [0.05, 0.1) is 6.42 Å². The maximum atomic E-state index is 11.0. The van der Waals surface area contributed by atoms with E-state index in [4.69, 9.17) is 5.73 Å². The van der Waals surface area contributed by atoms with E-state index in [0.29, 0.717) is 12.3 Å². The summed E-state index contributed by atoms with van der Waals surface area (Å²) in [5, 5.41) is 0. The number of hydrogen-bond donors (Lipinski definition) is 1. The molecule has 1 aromatic rings. The van der Waals surface area contributed by atoms with Crippen molar-refractivity contribution in [2.75, 3.05) is 0 Å². The molecule has 2 N–H and O–H groups in total. The molecule has 15 heavy (non-hydrogen) atoms. The highest BCUT2D eigenvalue weighted by Gasteiger charge is 2.19. The molecular weight excluding hydrogens is 186 g/mol. The Morgan fingerprint density at radius 3 is 2.60 bits per heavy atom. The largest absolute Gasteiger partial charge is 0.369 e. The second kappa shape index (κ2) is 4.47. The van der Waals surface area contributed by atoms with E-state index >= 15 is 0 Å². The molecule has 0 aliphatic heterocycles. The molecule has 1 aliphatic carbocycles. The number of primary amides is 1. The van der Waals surface area contributed by atoms with Crippen LogP contribution in [0.3, 0.4) is 0 Å². The fourth-order valence-electron chi connectivity index (χ4n) is 2.52. The maximum absolute atomic E-state index is 11.0. The molecule has 1 fully saturated rings. The number of carbonyl (C=O) groups is 1. The number of amides is 1. The minimum atomic E-state index is -0.236. The van der Waals surface area contributed by atoms with Gasteiger partial charge in [0.1, 0.15) is 0 Å². The predicted octanol–water partition coefficient (Wildman–Crippen LogP) is 2.37. The fraction of sp³-hybridized carbons (Fsp3) is 0.462. The third kappa shape index (κ3) is 2.38. The molecule has 0 aromatic heterocycles. The normalized spacial score (nSPS) is 16.8. The Morgan fingerprint density at radius 1 is 1.27 bits per heavy atom. The molecule has 0 bridgehead atoms. The third-order valence-corrected chi connectivity index (χ3v) is 3.21. The zero-order valence-electron chi connectivity index (χ0n) is 8.91. The van der Waals surface area contributed by atoms with E-state index in [1.807, 2.05) is 12.1 Å². The molecule has 2 nitrogen and oxygen atoms in total. The van der Waals surface area contributed by atoms with Crippen LogP contribution in [0.2, 0.25) is 0 Å². The van der Waals surface area contributed by atoms with Gasteiger partial charge in [-0.15, -0.1) is 0 Å². The van der Waals surface area contributed by atoms with E-state index < -0.39 is 0 Å². The van der Waals surface area contributed by atoms with E-state index in [1.54, 1.807) is 0 Å². The lowest BCUT2D eigenvalue weighted by Crippen LogP contribution is -2.15. The molecule has 0 atom stereocenters. The molecule has 0 radical (unpaired) electrons. The molecule has 1 aromatic carbocycles. The van der Waals surface area contributed by atoms with Crippen molar-refractivity contribution in [3.8, 4) is 0 Å². The van der Waals surface area contributed by atoms with Crippen molar-refractivity contribution in [1.29, 1.82) is 0 Å². The van der Waals surface area contributed by atoms with Gasteiger partial charge in [-0.25, -0.2) is 0 Å². The SMILES string of the molecule is NC(=O)Cc1ccccc1C1CCCC1. The van der Waals surface area contributed by atoms with Crippen molar-refractivity contribution >= 4 is 5.91 Å². The Balaban J connectivity index is 2.24. The van der Waals surface area contributed by atoms with Crippen molar-refractivity contribution in [3.63, 3.8) is 0 Å². The Hall–Kier alpha value is -1.31. The van der Waals surface area contributed by atoms with E-state index in [-0.39, 0.29) is 5.91 Å². The molecule has 0 spiro atoms. The van der Waals surface area contributed by atoms with E-state index in [1.165, 1.54) is 31.2 Å². The highest BCUT2D eigenvalue weighted by Crippen LogP contribution is 2.35. The number of benzene rings is 1. The first-order valence-electron chi connectivity index (χ1n) is 5.63. The Morgan fingerprint density at radius 2 is 1.93 bits per heavy atom. The molecule has 1 amide bonds. The average molecular weight is 203 g/mol. The molecule has 0 saturated heterocycles. The molecular formula is C13H17NO. The monoisotopic (exact) mass is 203 g/mol. The second-order valence-electron chi connectivity index (χ2n) is 4.32. The van der Waals surface area contributed by atoms with Crippen LogP contribution in [0.5, 0.6) is 0 Å². The lowest BCUT2D eigenvalue weighted by Gasteiger charge is -2.14. The van der Waals surface area contributed by atoms with Gasteiger partial charge in [0.15, 0.2) is 0 Å². The Kier molecular flexibility index (Phi) is 3.05. The Bertz CT molecular complexity index is 353. The van der Waals surface area contributed by atoms with Crippen LogP contribution >= 0.6 is 0 Å². The van der Waals surface area contributed by atoms with Crippen LogP contribution in [-0.4, -0.2) is 5.91 Å². The lowest BCUT2D eigenvalue weighted by molar-refractivity contribution is -0.117. The molecule has 1 saturated carbocycles. The van der Waals surface area contributed by atoms with E-state index in [9.17, 15) is 4.79 Å². The molecule has 0 heterocycles. The van der Waals surface area contributed by atoms with Crippen LogP contribution in [0.1, 0.15) is 42.7 Å². The summed E-state index contributed by atoms with van der Waals surface area (Å²) in [6.07, 6.45) is 5.53. The average Bonchev–Trinajstić information content (AvgIpc) is 2.70. The minimum absolute atomic E-state index is 0.236. The molecule has 0 unspecified atom stereocenters. The topological polar surface area (TPSA) is 43.1 Å². The van der Waals surface area contributed by atoms with Gasteiger partial charge in [-0.1, -0.05) is 37.1 Å². The summed E-state index contributed by atoms with van der Waals surface area (Å²) in [5.41, 5.74) is 7.72. The van der Waals surface area contributed by atoms with Gasteiger partial charge < -0.3 is 5.73 Å². The van der Waals surface area contributed by atoms with Crippen molar-refractivity contribution < 1.29 is 4.79 Å². The molecule has 2 rings (SSSR count). The van der Waals surface area contributed by atoms with Crippen LogP contribution in [0.4, 0.5) is 0 Å². The Labute approximate surface area is 90.5 Å². The van der Waals surface area contributed by atoms with Gasteiger partial charge >= 0.3 is 0 Å². The number of rotatable bonds is 3. The first-order chi connectivity index (χ1) is 7.27. The van der Waals surface area contributed by atoms with Crippen molar-refractivity contribution in [2.45, 2.75) is 38.0 Å². The quantitative estimate of drug-likeness (QED) is 0.805. The predicted molar refractivity (Wildman–Crippen MR) is 60.5 cm³/mol. The number of nitrogens with two attached hydrogens (primary N) is 1. The minimum Gasteiger partial charge on any atom is -0.369 e. The first kappa shape index (κ1) is 10.2. The summed E-state index contributed by atoms with van der Waals surface area (Å²) in [4.78, 5) is 11.0. The van der Waals surface area contributed by atoms with Gasteiger partial charge in [0.2, 0.25) is 5.91 Å². The molecule has 80 valence electrons. The van der Waals surface area contributed by atoms with Crippen molar-refractivity contribution in [1.82, 2.24) is 0 Å². The smallest absolute Gasteiger partial charge is 0.221 e. The van der Waals surface area contributed by atoms with Gasteiger partial charge in [-0.2, -0.15) is 0 Å².